The normalized spacial score (nSPS) is 12.8. The number of anilines is 1. The van der Waals surface area contributed by atoms with Crippen molar-refractivity contribution in [2.24, 2.45) is 0 Å². The zero-order chi connectivity index (χ0) is 21.5. The fraction of sp³-hybridized carbons (Fsp3) is 0.0417. The number of rotatable bonds is 4. The average Bonchev–Trinajstić information content (AvgIpc) is 3.42. The molecule has 0 atom stereocenters. The van der Waals surface area contributed by atoms with Gasteiger partial charge in [0.05, 0.1) is 28.4 Å². The SMILES string of the molecule is O=C(O)c1ccc(N2Cc3nc(-c4cccs4)cc(-c4ccc(Cl)cc4)c3C2=S)cc1. The van der Waals surface area contributed by atoms with Crippen LogP contribution in [0, 0.1) is 0 Å². The second kappa shape index (κ2) is 7.89. The molecule has 2 aromatic heterocycles. The van der Waals surface area contributed by atoms with Gasteiger partial charge in [0, 0.05) is 16.3 Å². The van der Waals surface area contributed by atoms with Crippen molar-refractivity contribution in [1.29, 1.82) is 0 Å². The molecule has 0 aliphatic carbocycles. The Labute approximate surface area is 193 Å². The number of halogens is 1. The Morgan fingerprint density at radius 1 is 1.10 bits per heavy atom. The molecule has 0 amide bonds. The van der Waals surface area contributed by atoms with Gasteiger partial charge in [-0.1, -0.05) is 42.0 Å². The summed E-state index contributed by atoms with van der Waals surface area (Å²) in [5.74, 6) is -0.953. The maximum atomic E-state index is 11.2. The number of hydrogen-bond donors (Lipinski definition) is 1. The quantitative estimate of drug-likeness (QED) is 0.350. The number of aromatic carboxylic acids is 1. The van der Waals surface area contributed by atoms with Gasteiger partial charge < -0.3 is 10.0 Å². The van der Waals surface area contributed by atoms with E-state index in [9.17, 15) is 9.90 Å². The Morgan fingerprint density at radius 2 is 1.84 bits per heavy atom. The maximum Gasteiger partial charge on any atom is 0.335 e. The van der Waals surface area contributed by atoms with Crippen LogP contribution in [0.2, 0.25) is 5.02 Å². The van der Waals surface area contributed by atoms with Gasteiger partial charge in [0.25, 0.3) is 0 Å². The number of aromatic nitrogens is 1. The maximum absolute atomic E-state index is 11.2. The first-order valence-electron chi connectivity index (χ1n) is 9.50. The highest BCUT2D eigenvalue weighted by Gasteiger charge is 2.30. The lowest BCUT2D eigenvalue weighted by atomic mass is 9.98. The van der Waals surface area contributed by atoms with Crippen molar-refractivity contribution in [2.75, 3.05) is 4.90 Å². The van der Waals surface area contributed by atoms with Gasteiger partial charge in [0.2, 0.25) is 0 Å². The van der Waals surface area contributed by atoms with E-state index in [0.717, 1.165) is 38.6 Å². The molecule has 2 aromatic carbocycles. The summed E-state index contributed by atoms with van der Waals surface area (Å²) in [6.07, 6.45) is 0. The first kappa shape index (κ1) is 19.9. The molecule has 0 spiro atoms. The van der Waals surface area contributed by atoms with Crippen molar-refractivity contribution in [3.63, 3.8) is 0 Å². The van der Waals surface area contributed by atoms with Gasteiger partial charge in [-0.25, -0.2) is 9.78 Å². The topological polar surface area (TPSA) is 53.4 Å². The summed E-state index contributed by atoms with van der Waals surface area (Å²) in [4.78, 5) is 19.9. The lowest BCUT2D eigenvalue weighted by Crippen LogP contribution is -2.22. The molecule has 152 valence electrons. The van der Waals surface area contributed by atoms with Crippen LogP contribution in [0.4, 0.5) is 5.69 Å². The predicted octanol–water partition coefficient (Wildman–Crippen LogP) is 6.52. The molecule has 0 unspecified atom stereocenters. The second-order valence-corrected chi connectivity index (χ2v) is 8.88. The van der Waals surface area contributed by atoms with Crippen LogP contribution in [0.15, 0.2) is 72.1 Å². The van der Waals surface area contributed by atoms with E-state index >= 15 is 0 Å². The zero-order valence-corrected chi connectivity index (χ0v) is 18.5. The number of hydrogen-bond acceptors (Lipinski definition) is 4. The molecule has 31 heavy (non-hydrogen) atoms. The first-order chi connectivity index (χ1) is 15.0. The molecular formula is C24H15ClN2O2S2. The number of fused-ring (bicyclic) bond motifs is 1. The first-order valence-corrected chi connectivity index (χ1v) is 11.2. The Balaban J connectivity index is 1.63. The Hall–Kier alpha value is -3.06. The molecule has 0 radical (unpaired) electrons. The third-order valence-electron chi connectivity index (χ3n) is 5.22. The van der Waals surface area contributed by atoms with E-state index in [1.165, 1.54) is 0 Å². The van der Waals surface area contributed by atoms with Gasteiger partial charge >= 0.3 is 5.97 Å². The van der Waals surface area contributed by atoms with Gasteiger partial charge in [0.15, 0.2) is 0 Å². The number of thiocarbonyl (C=S) groups is 1. The minimum atomic E-state index is -0.953. The minimum absolute atomic E-state index is 0.242. The molecule has 0 saturated heterocycles. The third-order valence-corrected chi connectivity index (χ3v) is 6.78. The van der Waals surface area contributed by atoms with Crippen LogP contribution in [0.5, 0.6) is 0 Å². The van der Waals surface area contributed by atoms with Crippen molar-refractivity contribution in [2.45, 2.75) is 6.54 Å². The second-order valence-electron chi connectivity index (χ2n) is 7.10. The summed E-state index contributed by atoms with van der Waals surface area (Å²) in [5.41, 5.74) is 5.86. The van der Waals surface area contributed by atoms with E-state index in [1.54, 1.807) is 35.6 Å². The molecule has 0 fully saturated rings. The number of carboxylic acids is 1. The van der Waals surface area contributed by atoms with Crippen LogP contribution in [-0.2, 0) is 6.54 Å². The summed E-state index contributed by atoms with van der Waals surface area (Å²) in [5, 5.41) is 11.9. The van der Waals surface area contributed by atoms with Crippen molar-refractivity contribution in [3.8, 4) is 21.7 Å². The van der Waals surface area contributed by atoms with Crippen LogP contribution in [0.3, 0.4) is 0 Å². The fourth-order valence-corrected chi connectivity index (χ4v) is 4.92. The standard InChI is InChI=1S/C24H15ClN2O2S2/c25-16-7-3-14(4-8-16)18-12-19(21-2-1-11-31-21)26-20-13-27(23(30)22(18)20)17-9-5-15(6-10-17)24(28)29/h1-12H,13H2,(H,28,29). The number of thiophene rings is 1. The highest BCUT2D eigenvalue weighted by molar-refractivity contribution is 7.81. The highest BCUT2D eigenvalue weighted by atomic mass is 35.5. The third kappa shape index (κ3) is 3.63. The van der Waals surface area contributed by atoms with Crippen LogP contribution in [0.25, 0.3) is 21.7 Å². The molecule has 5 rings (SSSR count). The number of benzene rings is 2. The summed E-state index contributed by atoms with van der Waals surface area (Å²) in [6.45, 7) is 0.528. The Morgan fingerprint density at radius 3 is 2.48 bits per heavy atom. The molecule has 1 aliphatic rings. The van der Waals surface area contributed by atoms with Crippen molar-refractivity contribution in [3.05, 3.63) is 94.0 Å². The molecule has 7 heteroatoms. The molecule has 1 N–H and O–H groups in total. The Bertz CT molecular complexity index is 1300. The predicted molar refractivity (Wildman–Crippen MR) is 129 cm³/mol. The summed E-state index contributed by atoms with van der Waals surface area (Å²) in [6, 6.07) is 20.6. The molecule has 0 bridgehead atoms. The molecule has 4 aromatic rings. The number of carboxylic acid groups (broad SMARTS) is 1. The molecule has 1 aliphatic heterocycles. The van der Waals surface area contributed by atoms with Crippen LogP contribution >= 0.6 is 35.2 Å². The monoisotopic (exact) mass is 462 g/mol. The molecular weight excluding hydrogens is 448 g/mol. The number of carbonyl (C=O) groups is 1. The summed E-state index contributed by atoms with van der Waals surface area (Å²) in [7, 11) is 0. The van der Waals surface area contributed by atoms with E-state index in [1.807, 2.05) is 40.6 Å². The van der Waals surface area contributed by atoms with E-state index in [0.29, 0.717) is 16.6 Å². The van der Waals surface area contributed by atoms with Crippen molar-refractivity contribution >= 4 is 51.8 Å². The minimum Gasteiger partial charge on any atom is -0.478 e. The van der Waals surface area contributed by atoms with E-state index < -0.39 is 5.97 Å². The van der Waals surface area contributed by atoms with Crippen molar-refractivity contribution < 1.29 is 9.90 Å². The molecule has 4 nitrogen and oxygen atoms in total. The fourth-order valence-electron chi connectivity index (χ4n) is 3.71. The van der Waals surface area contributed by atoms with E-state index in [4.69, 9.17) is 28.8 Å². The highest BCUT2D eigenvalue weighted by Crippen LogP contribution is 2.38. The number of pyridine rings is 1. The summed E-state index contributed by atoms with van der Waals surface area (Å²) < 4.78 is 0. The lowest BCUT2D eigenvalue weighted by molar-refractivity contribution is 0.0697. The molecule has 3 heterocycles. The number of nitrogens with zero attached hydrogens (tertiary/aromatic N) is 2. The van der Waals surface area contributed by atoms with Gasteiger partial charge in [-0.05, 0) is 65.0 Å². The van der Waals surface area contributed by atoms with Crippen LogP contribution in [-0.4, -0.2) is 21.0 Å². The average molecular weight is 463 g/mol. The smallest absolute Gasteiger partial charge is 0.335 e. The Kier molecular flexibility index (Phi) is 5.06. The zero-order valence-electron chi connectivity index (χ0n) is 16.1. The van der Waals surface area contributed by atoms with Gasteiger partial charge in [-0.2, -0.15) is 0 Å². The van der Waals surface area contributed by atoms with Gasteiger partial charge in [-0.15, -0.1) is 11.3 Å². The van der Waals surface area contributed by atoms with Gasteiger partial charge in [0.1, 0.15) is 4.99 Å². The van der Waals surface area contributed by atoms with E-state index in [2.05, 4.69) is 12.1 Å². The van der Waals surface area contributed by atoms with Crippen LogP contribution < -0.4 is 4.90 Å². The lowest BCUT2D eigenvalue weighted by Gasteiger charge is -2.18. The van der Waals surface area contributed by atoms with Gasteiger partial charge in [-0.3, -0.25) is 0 Å². The van der Waals surface area contributed by atoms with Crippen molar-refractivity contribution in [1.82, 2.24) is 4.98 Å². The molecule has 0 saturated carbocycles. The summed E-state index contributed by atoms with van der Waals surface area (Å²) >= 11 is 13.6. The van der Waals surface area contributed by atoms with E-state index in [-0.39, 0.29) is 5.56 Å². The largest absolute Gasteiger partial charge is 0.478 e. The van der Waals surface area contributed by atoms with Crippen LogP contribution in [0.1, 0.15) is 21.6 Å².